The number of nitrogens with one attached hydrogen (secondary N) is 1. The van der Waals surface area contributed by atoms with Crippen molar-refractivity contribution in [3.8, 4) is 0 Å². The molecule has 3 aromatic rings. The highest BCUT2D eigenvalue weighted by Gasteiger charge is 2.19. The summed E-state index contributed by atoms with van der Waals surface area (Å²) in [6.45, 7) is 3.86. The molecular formula is C17H17N5O3. The Bertz CT molecular complexity index is 947. The van der Waals surface area contributed by atoms with Crippen molar-refractivity contribution in [2.24, 2.45) is 7.05 Å². The van der Waals surface area contributed by atoms with Crippen molar-refractivity contribution in [1.29, 1.82) is 0 Å². The average molecular weight is 339 g/mol. The number of fused-ring (bicyclic) bond motifs is 1. The summed E-state index contributed by atoms with van der Waals surface area (Å²) in [6.07, 6.45) is 1.63. The zero-order valence-electron chi connectivity index (χ0n) is 14.1. The first-order valence-corrected chi connectivity index (χ1v) is 7.74. The Labute approximate surface area is 143 Å². The van der Waals surface area contributed by atoms with Crippen LogP contribution in [0.4, 0.5) is 5.95 Å². The van der Waals surface area contributed by atoms with Crippen LogP contribution in [0.3, 0.4) is 0 Å². The van der Waals surface area contributed by atoms with Gasteiger partial charge in [0.05, 0.1) is 12.0 Å². The van der Waals surface area contributed by atoms with Gasteiger partial charge in [-0.1, -0.05) is 17.7 Å². The van der Waals surface area contributed by atoms with Crippen molar-refractivity contribution in [2.75, 3.05) is 11.9 Å². The molecule has 1 N–H and O–H groups in total. The summed E-state index contributed by atoms with van der Waals surface area (Å²) in [5, 5.41) is 7.24. The molecule has 1 aromatic carbocycles. The minimum atomic E-state index is -0.589. The fraction of sp³-hybridized carbons (Fsp3) is 0.235. The van der Waals surface area contributed by atoms with Gasteiger partial charge in [0.2, 0.25) is 5.95 Å². The van der Waals surface area contributed by atoms with Crippen LogP contribution in [0, 0.1) is 6.92 Å². The van der Waals surface area contributed by atoms with E-state index in [1.165, 1.54) is 4.68 Å². The fourth-order valence-corrected chi connectivity index (χ4v) is 2.31. The van der Waals surface area contributed by atoms with E-state index in [0.29, 0.717) is 16.6 Å². The lowest BCUT2D eigenvalue weighted by molar-refractivity contribution is 0.0521. The maximum absolute atomic E-state index is 12.3. The number of nitrogens with zero attached hydrogens (tertiary/aromatic N) is 4. The summed E-state index contributed by atoms with van der Waals surface area (Å²) < 4.78 is 6.55. The summed E-state index contributed by atoms with van der Waals surface area (Å²) in [7, 11) is 1.71. The Hall–Kier alpha value is -3.29. The van der Waals surface area contributed by atoms with Gasteiger partial charge in [-0.15, -0.1) is 0 Å². The molecule has 2 aromatic heterocycles. The Kier molecular flexibility index (Phi) is 4.42. The predicted molar refractivity (Wildman–Crippen MR) is 91.4 cm³/mol. The first-order chi connectivity index (χ1) is 12.0. The predicted octanol–water partition coefficient (Wildman–Crippen LogP) is 2.10. The molecule has 0 radical (unpaired) electrons. The summed E-state index contributed by atoms with van der Waals surface area (Å²) in [5.41, 5.74) is 1.89. The number of aromatic nitrogens is 4. The molecule has 0 atom stereocenters. The van der Waals surface area contributed by atoms with Crippen LogP contribution in [0.15, 0.2) is 30.5 Å². The Balaban J connectivity index is 1.97. The number of ether oxygens (including phenoxy) is 1. The van der Waals surface area contributed by atoms with E-state index in [0.717, 1.165) is 5.56 Å². The number of anilines is 1. The number of benzene rings is 1. The van der Waals surface area contributed by atoms with Gasteiger partial charge in [-0.05, 0) is 26.0 Å². The van der Waals surface area contributed by atoms with Gasteiger partial charge in [0.25, 0.3) is 5.91 Å². The van der Waals surface area contributed by atoms with Crippen molar-refractivity contribution in [2.45, 2.75) is 13.8 Å². The van der Waals surface area contributed by atoms with E-state index in [1.54, 1.807) is 32.3 Å². The van der Waals surface area contributed by atoms with Crippen LogP contribution in [0.2, 0.25) is 0 Å². The van der Waals surface area contributed by atoms with Crippen LogP contribution in [-0.2, 0) is 11.8 Å². The third-order valence-electron chi connectivity index (χ3n) is 3.50. The molecule has 3 rings (SSSR count). The third kappa shape index (κ3) is 3.47. The van der Waals surface area contributed by atoms with E-state index < -0.39 is 5.97 Å². The highest BCUT2D eigenvalue weighted by atomic mass is 16.5. The van der Waals surface area contributed by atoms with E-state index in [9.17, 15) is 9.59 Å². The van der Waals surface area contributed by atoms with Gasteiger partial charge >= 0.3 is 5.97 Å². The number of carbonyl (C=O) groups is 2. The van der Waals surface area contributed by atoms with Crippen LogP contribution in [0.25, 0.3) is 11.0 Å². The van der Waals surface area contributed by atoms with Crippen molar-refractivity contribution in [1.82, 2.24) is 19.7 Å². The molecule has 0 fully saturated rings. The zero-order valence-corrected chi connectivity index (χ0v) is 14.1. The molecule has 8 nitrogen and oxygen atoms in total. The number of esters is 1. The average Bonchev–Trinajstić information content (AvgIpc) is 2.95. The van der Waals surface area contributed by atoms with E-state index in [1.807, 2.05) is 19.1 Å². The molecule has 0 bridgehead atoms. The molecule has 0 aliphatic rings. The molecule has 1 amide bonds. The van der Waals surface area contributed by atoms with Gasteiger partial charge in [0.15, 0.2) is 11.3 Å². The topological polar surface area (TPSA) is 99.0 Å². The number of rotatable bonds is 4. The molecule has 0 saturated heterocycles. The van der Waals surface area contributed by atoms with Crippen LogP contribution >= 0.6 is 0 Å². The maximum Gasteiger partial charge on any atom is 0.357 e. The molecule has 0 unspecified atom stereocenters. The van der Waals surface area contributed by atoms with Crippen molar-refractivity contribution < 1.29 is 14.3 Å². The fourth-order valence-electron chi connectivity index (χ4n) is 2.31. The lowest BCUT2D eigenvalue weighted by Crippen LogP contribution is -2.16. The van der Waals surface area contributed by atoms with E-state index in [4.69, 9.17) is 4.74 Å². The van der Waals surface area contributed by atoms with Crippen LogP contribution in [-0.4, -0.2) is 38.2 Å². The maximum atomic E-state index is 12.3. The molecule has 128 valence electrons. The van der Waals surface area contributed by atoms with E-state index in [2.05, 4.69) is 20.4 Å². The second-order valence-corrected chi connectivity index (χ2v) is 5.48. The summed E-state index contributed by atoms with van der Waals surface area (Å²) >= 11 is 0. The van der Waals surface area contributed by atoms with Gasteiger partial charge in [-0.2, -0.15) is 10.1 Å². The highest BCUT2D eigenvalue weighted by Crippen LogP contribution is 2.18. The molecule has 25 heavy (non-hydrogen) atoms. The highest BCUT2D eigenvalue weighted by molar-refractivity contribution is 6.05. The van der Waals surface area contributed by atoms with Crippen LogP contribution < -0.4 is 5.32 Å². The third-order valence-corrected chi connectivity index (χ3v) is 3.50. The molecule has 0 spiro atoms. The Morgan fingerprint density at radius 2 is 1.92 bits per heavy atom. The standard InChI is InChI=1S/C17H17N5O3/c1-4-25-16(24)13-12-9-22(3)21-14(12)19-17(18-13)20-15(23)11-7-5-10(2)6-8-11/h5-9H,4H2,1-3H3,(H,19,20,21,23). The Morgan fingerprint density at radius 1 is 1.20 bits per heavy atom. The second kappa shape index (κ2) is 6.68. The summed E-state index contributed by atoms with van der Waals surface area (Å²) in [4.78, 5) is 32.8. The quantitative estimate of drug-likeness (QED) is 0.731. The SMILES string of the molecule is CCOC(=O)c1nc(NC(=O)c2ccc(C)cc2)nc2nn(C)cc12. The minimum absolute atomic E-state index is 0.000159. The molecule has 8 heteroatoms. The zero-order chi connectivity index (χ0) is 18.0. The van der Waals surface area contributed by atoms with Gasteiger partial charge in [0.1, 0.15) is 0 Å². The summed E-state index contributed by atoms with van der Waals surface area (Å²) in [5.74, 6) is -0.960. The van der Waals surface area contributed by atoms with Crippen LogP contribution in [0.1, 0.15) is 33.3 Å². The molecule has 0 saturated carbocycles. The Morgan fingerprint density at radius 3 is 2.60 bits per heavy atom. The van der Waals surface area contributed by atoms with E-state index in [-0.39, 0.29) is 24.2 Å². The van der Waals surface area contributed by atoms with E-state index >= 15 is 0 Å². The number of carbonyl (C=O) groups excluding carboxylic acids is 2. The molecular weight excluding hydrogens is 322 g/mol. The number of hydrogen-bond acceptors (Lipinski definition) is 6. The van der Waals surface area contributed by atoms with Crippen molar-refractivity contribution >= 4 is 28.9 Å². The number of hydrogen-bond donors (Lipinski definition) is 1. The van der Waals surface area contributed by atoms with Gasteiger partial charge in [-0.3, -0.25) is 14.8 Å². The molecule has 0 aliphatic carbocycles. The van der Waals surface area contributed by atoms with Gasteiger partial charge < -0.3 is 4.74 Å². The smallest absolute Gasteiger partial charge is 0.357 e. The van der Waals surface area contributed by atoms with Gasteiger partial charge in [0, 0.05) is 18.8 Å². The first-order valence-electron chi connectivity index (χ1n) is 7.74. The monoisotopic (exact) mass is 339 g/mol. The largest absolute Gasteiger partial charge is 0.461 e. The summed E-state index contributed by atoms with van der Waals surface area (Å²) in [6, 6.07) is 7.08. The molecule has 2 heterocycles. The lowest BCUT2D eigenvalue weighted by atomic mass is 10.1. The number of amides is 1. The van der Waals surface area contributed by atoms with Crippen LogP contribution in [0.5, 0.6) is 0 Å². The van der Waals surface area contributed by atoms with Gasteiger partial charge in [-0.25, -0.2) is 9.78 Å². The number of aryl methyl sites for hydroxylation is 2. The first kappa shape index (κ1) is 16.6. The normalized spacial score (nSPS) is 10.7. The second-order valence-electron chi connectivity index (χ2n) is 5.48. The minimum Gasteiger partial charge on any atom is -0.461 e. The van der Waals surface area contributed by atoms with Crippen molar-refractivity contribution in [3.05, 3.63) is 47.3 Å². The lowest BCUT2D eigenvalue weighted by Gasteiger charge is -2.07. The molecule has 0 aliphatic heterocycles. The van der Waals surface area contributed by atoms with Crippen molar-refractivity contribution in [3.63, 3.8) is 0 Å².